The Hall–Kier alpha value is -1.10. The Morgan fingerprint density at radius 3 is 2.59 bits per heavy atom. The van der Waals surface area contributed by atoms with Crippen LogP contribution in [0.4, 0.5) is 0 Å². The Kier molecular flexibility index (Phi) is 3.99. The topological polar surface area (TPSA) is 72.7 Å². The predicted octanol–water partition coefficient (Wildman–Crippen LogP) is 1.31. The van der Waals surface area contributed by atoms with Crippen LogP contribution in [0.3, 0.4) is 0 Å². The van der Waals surface area contributed by atoms with E-state index in [0.717, 1.165) is 0 Å². The normalized spacial score (nSPS) is 16.4. The Bertz CT molecular complexity index is 404. The van der Waals surface area contributed by atoms with Crippen molar-refractivity contribution in [2.45, 2.75) is 39.0 Å². The van der Waals surface area contributed by atoms with Crippen molar-refractivity contribution in [2.24, 2.45) is 0 Å². The summed E-state index contributed by atoms with van der Waals surface area (Å²) >= 11 is 0. The smallest absolute Gasteiger partial charge is 0.121 e. The van der Waals surface area contributed by atoms with E-state index in [-0.39, 0.29) is 17.9 Å². The van der Waals surface area contributed by atoms with E-state index in [1.807, 2.05) is 20.8 Å². The van der Waals surface area contributed by atoms with Crippen LogP contribution in [0.5, 0.6) is 5.75 Å². The molecule has 1 aromatic carbocycles. The second-order valence-corrected chi connectivity index (χ2v) is 5.05. The van der Waals surface area contributed by atoms with E-state index in [0.29, 0.717) is 11.1 Å². The summed E-state index contributed by atoms with van der Waals surface area (Å²) < 4.78 is 7.87. The second kappa shape index (κ2) is 5.49. The molecule has 0 spiro atoms. The lowest BCUT2D eigenvalue weighted by Crippen LogP contribution is -2.38. The van der Waals surface area contributed by atoms with Crippen molar-refractivity contribution < 1.29 is 16.7 Å². The van der Waals surface area contributed by atoms with Gasteiger partial charge in [0.2, 0.25) is 0 Å². The minimum absolute atomic E-state index is 0.0150. The van der Waals surface area contributed by atoms with Crippen LogP contribution in [0.1, 0.15) is 39.4 Å². The van der Waals surface area contributed by atoms with Crippen molar-refractivity contribution in [2.75, 3.05) is 6.52 Å². The van der Waals surface area contributed by atoms with Crippen LogP contribution in [0, 0.1) is 0 Å². The number of rotatable bonds is 4. The van der Waals surface area contributed by atoms with Crippen molar-refractivity contribution in [3.8, 4) is 5.75 Å². The molecule has 0 saturated heterocycles. The Labute approximate surface area is 103 Å². The van der Waals surface area contributed by atoms with Gasteiger partial charge in [0.15, 0.2) is 0 Å². The molecule has 4 N–H and O–H groups in total. The lowest BCUT2D eigenvalue weighted by molar-refractivity contribution is 0.163. The summed E-state index contributed by atoms with van der Waals surface area (Å²) in [4.78, 5) is 0. The van der Waals surface area contributed by atoms with E-state index >= 15 is 0 Å². The maximum atomic E-state index is 10.0. The van der Waals surface area contributed by atoms with Gasteiger partial charge in [0.05, 0.1) is 12.7 Å². The van der Waals surface area contributed by atoms with Crippen molar-refractivity contribution in [1.82, 2.24) is 5.32 Å². The van der Waals surface area contributed by atoms with Crippen LogP contribution in [-0.2, 0) is 6.61 Å². The number of phenols is 1. The van der Waals surface area contributed by atoms with Crippen LogP contribution >= 0.6 is 0 Å². The van der Waals surface area contributed by atoms with Crippen LogP contribution < -0.4 is 5.32 Å². The fourth-order valence-corrected chi connectivity index (χ4v) is 1.34. The van der Waals surface area contributed by atoms with Gasteiger partial charge in [-0.2, -0.15) is 0 Å². The Balaban J connectivity index is 2.86. The molecule has 96 valence electrons. The molecule has 0 amide bonds. The van der Waals surface area contributed by atoms with E-state index < -0.39 is 12.6 Å². The summed E-state index contributed by atoms with van der Waals surface area (Å²) in [6.45, 7) is 4.56. The third-order valence-corrected chi connectivity index (χ3v) is 2.29. The van der Waals surface area contributed by atoms with Crippen molar-refractivity contribution in [1.29, 1.82) is 0 Å². The van der Waals surface area contributed by atoms with Crippen molar-refractivity contribution >= 4 is 0 Å². The van der Waals surface area contributed by atoms with E-state index in [1.54, 1.807) is 6.07 Å². The average Bonchev–Trinajstić information content (AvgIpc) is 2.26. The molecule has 4 heteroatoms. The maximum Gasteiger partial charge on any atom is 0.121 e. The third-order valence-electron chi connectivity index (χ3n) is 2.29. The molecule has 0 saturated carbocycles. The van der Waals surface area contributed by atoms with Crippen LogP contribution in [0.2, 0.25) is 0 Å². The summed E-state index contributed by atoms with van der Waals surface area (Å²) in [6.07, 6.45) is -1.02. The summed E-state index contributed by atoms with van der Waals surface area (Å²) in [5, 5.41) is 31.5. The third kappa shape index (κ3) is 4.34. The van der Waals surface area contributed by atoms with Gasteiger partial charge in [-0.25, -0.2) is 0 Å². The molecule has 0 heterocycles. The summed E-state index contributed by atoms with van der Waals surface area (Å²) in [5.41, 5.74) is 0.563. The van der Waals surface area contributed by atoms with E-state index in [9.17, 15) is 10.2 Å². The molecular formula is C13H21NO3. The molecule has 1 rings (SSSR count). The molecule has 2 atom stereocenters. The molecule has 0 aromatic heterocycles. The van der Waals surface area contributed by atoms with Gasteiger partial charge in [0.1, 0.15) is 5.75 Å². The van der Waals surface area contributed by atoms with Crippen molar-refractivity contribution in [3.63, 3.8) is 0 Å². The molecule has 0 radical (unpaired) electrons. The van der Waals surface area contributed by atoms with Gasteiger partial charge in [0, 0.05) is 19.0 Å². The van der Waals surface area contributed by atoms with E-state index in [1.165, 1.54) is 12.1 Å². The van der Waals surface area contributed by atoms with Gasteiger partial charge in [-0.05, 0) is 38.5 Å². The van der Waals surface area contributed by atoms with Crippen LogP contribution in [0.15, 0.2) is 18.2 Å². The monoisotopic (exact) mass is 240 g/mol. The second-order valence-electron chi connectivity index (χ2n) is 5.05. The number of aliphatic hydroxyl groups excluding tert-OH is 2. The molecule has 0 bridgehead atoms. The quantitative estimate of drug-likeness (QED) is 0.640. The van der Waals surface area contributed by atoms with E-state index in [2.05, 4.69) is 5.32 Å². The van der Waals surface area contributed by atoms with Crippen LogP contribution in [0.25, 0.3) is 0 Å². The first kappa shape index (κ1) is 12.4. The number of benzene rings is 1. The first-order valence-corrected chi connectivity index (χ1v) is 5.55. The highest BCUT2D eigenvalue weighted by Crippen LogP contribution is 2.22. The molecule has 1 aromatic rings. The summed E-state index contributed by atoms with van der Waals surface area (Å²) in [5.74, 6) is -0.0150. The largest absolute Gasteiger partial charge is 0.508 e. The minimum atomic E-state index is -1.02. The highest BCUT2D eigenvalue weighted by molar-refractivity contribution is 5.36. The van der Waals surface area contributed by atoms with Gasteiger partial charge < -0.3 is 20.6 Å². The molecule has 0 aliphatic rings. The highest BCUT2D eigenvalue weighted by atomic mass is 16.3. The van der Waals surface area contributed by atoms with E-state index in [4.69, 9.17) is 6.48 Å². The zero-order chi connectivity index (χ0) is 13.9. The first-order valence-electron chi connectivity index (χ1n) is 6.13. The van der Waals surface area contributed by atoms with Gasteiger partial charge in [-0.3, -0.25) is 0 Å². The zero-order valence-electron chi connectivity index (χ0n) is 11.4. The minimum Gasteiger partial charge on any atom is -0.508 e. The molecular weight excluding hydrogens is 218 g/mol. The Morgan fingerprint density at radius 1 is 1.41 bits per heavy atom. The Morgan fingerprint density at radius 2 is 2.06 bits per heavy atom. The fraction of sp³-hybridized carbons (Fsp3) is 0.538. The number of nitrogens with one attached hydrogen (secondary N) is 1. The molecule has 2 unspecified atom stereocenters. The maximum absolute atomic E-state index is 10.0. The van der Waals surface area contributed by atoms with Gasteiger partial charge >= 0.3 is 0 Å². The molecule has 17 heavy (non-hydrogen) atoms. The number of hydrogen-bond acceptors (Lipinski definition) is 4. The predicted molar refractivity (Wildman–Crippen MR) is 66.7 cm³/mol. The summed E-state index contributed by atoms with van der Waals surface area (Å²) in [7, 11) is 0. The molecule has 0 fully saturated rings. The number of β-amino-alcohol motifs (C(OH)–C–C–N with tert-alkyl or cyclic N) is 1. The number of aliphatic hydroxyl groups is 2. The molecule has 0 aliphatic heterocycles. The molecule has 4 nitrogen and oxygen atoms in total. The summed E-state index contributed by atoms with van der Waals surface area (Å²) in [6, 6.07) is 4.46. The standard InChI is InChI=1S/C13H21NO3/c1-13(2,3)14-7-12(17)9-4-5-11(16)10(6-9)8-15/h4-6,12,14-17H,7-8H2,1-3H3/i7D. The van der Waals surface area contributed by atoms with Crippen LogP contribution in [-0.4, -0.2) is 27.4 Å². The number of hydrogen-bond donors (Lipinski definition) is 4. The fourth-order valence-electron chi connectivity index (χ4n) is 1.34. The van der Waals surface area contributed by atoms with Gasteiger partial charge in [-0.1, -0.05) is 6.07 Å². The highest BCUT2D eigenvalue weighted by Gasteiger charge is 2.14. The average molecular weight is 240 g/mol. The lowest BCUT2D eigenvalue weighted by Gasteiger charge is -2.23. The molecule has 0 aliphatic carbocycles. The first-order chi connectivity index (χ1) is 8.24. The van der Waals surface area contributed by atoms with Gasteiger partial charge in [-0.15, -0.1) is 0 Å². The SMILES string of the molecule is [2H]C(NC(C)(C)C)C(O)c1ccc(O)c(CO)c1. The van der Waals surface area contributed by atoms with Gasteiger partial charge in [0.25, 0.3) is 0 Å². The number of aromatic hydroxyl groups is 1. The zero-order valence-corrected chi connectivity index (χ0v) is 10.4. The lowest BCUT2D eigenvalue weighted by atomic mass is 10.0. The van der Waals surface area contributed by atoms with Crippen molar-refractivity contribution in [3.05, 3.63) is 29.3 Å².